The van der Waals surface area contributed by atoms with Gasteiger partial charge in [-0.3, -0.25) is 0 Å². The number of rotatable bonds is 1. The van der Waals surface area contributed by atoms with Crippen LogP contribution in [-0.2, 0) is 0 Å². The Bertz CT molecular complexity index is 31.7. The van der Waals surface area contributed by atoms with E-state index in [1.807, 2.05) is 0 Å². The van der Waals surface area contributed by atoms with Gasteiger partial charge in [-0.15, -0.1) is 0 Å². The Morgan fingerprint density at radius 2 is 1.12 bits per heavy atom. The molecule has 2 N–H and O–H groups in total. The third-order valence-corrected chi connectivity index (χ3v) is 0.1000. The predicted octanol–water partition coefficient (Wildman–Crippen LogP) is 1.04. The standard InChI is InChI=1S/C2H6O2.3ClH.La/c3-1-2-4;;;;/h3-4H,1-2H2;3*1H;/q;;;;+3/p-3. The van der Waals surface area contributed by atoms with Gasteiger partial charge in [-0.25, -0.2) is 0 Å². The molecule has 0 amide bonds. The Kier molecular flexibility index (Phi) is 18.6. The zero-order valence-electron chi connectivity index (χ0n) is 4.02. The average Bonchev–Trinajstić information content (AvgIpc) is 1.65. The van der Waals surface area contributed by atoms with Gasteiger partial charge in [0.15, 0.2) is 0 Å². The summed E-state index contributed by atoms with van der Waals surface area (Å²) in [6.07, 6.45) is 0. The van der Waals surface area contributed by atoms with Gasteiger partial charge < -0.3 is 10.2 Å². The van der Waals surface area contributed by atoms with Gasteiger partial charge in [0.2, 0.25) is 0 Å². The van der Waals surface area contributed by atoms with Crippen LogP contribution < -0.4 is 0 Å². The summed E-state index contributed by atoms with van der Waals surface area (Å²) in [7, 11) is 0. The van der Waals surface area contributed by atoms with Crippen LogP contribution >= 0.6 is 20.4 Å². The SMILES string of the molecule is OCCO.[Cl][La]([Cl])[Cl]. The van der Waals surface area contributed by atoms with Gasteiger partial charge in [-0.1, -0.05) is 0 Å². The van der Waals surface area contributed by atoms with Crippen LogP contribution in [0.3, 0.4) is 0 Å². The molecule has 0 atom stereocenters. The summed E-state index contributed by atoms with van der Waals surface area (Å²) in [4.78, 5) is 0. The molecule has 0 heterocycles. The van der Waals surface area contributed by atoms with Crippen LogP contribution in [-0.4, -0.2) is 23.4 Å². The summed E-state index contributed by atoms with van der Waals surface area (Å²) in [5.74, 6) is 0. The molecule has 0 spiro atoms. The van der Waals surface area contributed by atoms with Crippen molar-refractivity contribution in [3.8, 4) is 0 Å². The quantitative estimate of drug-likeness (QED) is 0.760. The molecular weight excluding hydrogens is 301 g/mol. The molecule has 6 heteroatoms. The van der Waals surface area contributed by atoms with Crippen LogP contribution in [0, 0.1) is 25.7 Å². The van der Waals surface area contributed by atoms with Gasteiger partial charge in [0.05, 0.1) is 13.2 Å². The molecule has 0 aromatic carbocycles. The number of hydrogen-bond acceptors (Lipinski definition) is 2. The van der Waals surface area contributed by atoms with Gasteiger partial charge in [0.1, 0.15) is 0 Å². The summed E-state index contributed by atoms with van der Waals surface area (Å²) in [5, 5.41) is 15.2. The molecule has 0 fully saturated rings. The summed E-state index contributed by atoms with van der Waals surface area (Å²) in [6.45, 7) is 14.8. The molecule has 8 heavy (non-hydrogen) atoms. The average molecular weight is 307 g/mol. The maximum atomic E-state index is 7.62. The first-order chi connectivity index (χ1) is 3.65. The maximum absolute atomic E-state index is 7.62. The van der Waals surface area contributed by atoms with Crippen molar-refractivity contribution >= 4 is 20.4 Å². The summed E-state index contributed by atoms with van der Waals surface area (Å²) < 4.78 is 0. The molecule has 0 aliphatic carbocycles. The monoisotopic (exact) mass is 306 g/mol. The third-order valence-electron chi connectivity index (χ3n) is 0.1000. The molecule has 0 aromatic heterocycles. The Morgan fingerprint density at radius 3 is 1.12 bits per heavy atom. The molecule has 50 valence electrons. The first-order valence-electron chi connectivity index (χ1n) is 1.79. The zero-order chi connectivity index (χ0) is 6.99. The van der Waals surface area contributed by atoms with Crippen molar-refractivity contribution in [3.63, 3.8) is 0 Å². The van der Waals surface area contributed by atoms with E-state index < -0.39 is 25.7 Å². The Balaban J connectivity index is 0. The normalized spacial score (nSPS) is 7.12. The number of hydrogen-bond donors (Lipinski definition) is 2. The van der Waals surface area contributed by atoms with Crippen LogP contribution in [0.4, 0.5) is 0 Å². The minimum atomic E-state index is -2.31. The first-order valence-corrected chi connectivity index (χ1v) is 15.4. The van der Waals surface area contributed by atoms with E-state index in [9.17, 15) is 0 Å². The van der Waals surface area contributed by atoms with Crippen LogP contribution in [0.25, 0.3) is 0 Å². The van der Waals surface area contributed by atoms with Crippen LogP contribution in [0.2, 0.25) is 0 Å². The second-order valence-electron chi connectivity index (χ2n) is 0.695. The van der Waals surface area contributed by atoms with E-state index in [-0.39, 0.29) is 13.2 Å². The first kappa shape index (κ1) is 12.6. The predicted molar refractivity (Wildman–Crippen MR) is 31.7 cm³/mol. The van der Waals surface area contributed by atoms with E-state index in [1.54, 1.807) is 0 Å². The Morgan fingerprint density at radius 1 is 1.00 bits per heavy atom. The fourth-order valence-electron chi connectivity index (χ4n) is 0. The summed E-state index contributed by atoms with van der Waals surface area (Å²) in [5.41, 5.74) is 0. The van der Waals surface area contributed by atoms with E-state index in [0.717, 1.165) is 0 Å². The number of aliphatic hydroxyl groups is 2. The van der Waals surface area contributed by atoms with E-state index >= 15 is 0 Å². The van der Waals surface area contributed by atoms with Crippen molar-refractivity contribution in [3.05, 3.63) is 0 Å². The molecule has 0 saturated carbocycles. The van der Waals surface area contributed by atoms with Gasteiger partial charge in [0, 0.05) is 0 Å². The number of aliphatic hydroxyl groups excluding tert-OH is 2. The van der Waals surface area contributed by atoms with E-state index in [0.29, 0.717) is 0 Å². The Hall–Kier alpha value is 1.98. The molecule has 0 aromatic rings. The second-order valence-corrected chi connectivity index (χ2v) is 16.7. The van der Waals surface area contributed by atoms with Crippen LogP contribution in [0.1, 0.15) is 0 Å². The van der Waals surface area contributed by atoms with Crippen LogP contribution in [0.15, 0.2) is 0 Å². The fourth-order valence-corrected chi connectivity index (χ4v) is 0. The van der Waals surface area contributed by atoms with Crippen molar-refractivity contribution in [2.45, 2.75) is 0 Å². The van der Waals surface area contributed by atoms with Crippen molar-refractivity contribution in [2.75, 3.05) is 13.2 Å². The molecule has 0 rings (SSSR count). The van der Waals surface area contributed by atoms with Crippen LogP contribution in [0.5, 0.6) is 0 Å². The second kappa shape index (κ2) is 11.7. The molecule has 0 bridgehead atoms. The van der Waals surface area contributed by atoms with Gasteiger partial charge in [0.25, 0.3) is 0 Å². The van der Waals surface area contributed by atoms with Crippen molar-refractivity contribution < 1.29 is 35.9 Å². The molecule has 0 unspecified atom stereocenters. The third kappa shape index (κ3) is 43.7. The Labute approximate surface area is 68.5 Å². The molecular formula is C2H6Cl3LaO2. The number of halogens is 3. The molecule has 0 aliphatic heterocycles. The molecule has 2 nitrogen and oxygen atoms in total. The zero-order valence-corrected chi connectivity index (χ0v) is 9.91. The fraction of sp³-hybridized carbons (Fsp3) is 1.00. The van der Waals surface area contributed by atoms with Crippen molar-refractivity contribution in [1.82, 2.24) is 0 Å². The van der Waals surface area contributed by atoms with E-state index in [1.165, 1.54) is 0 Å². The molecule has 0 radical (unpaired) electrons. The minimum absolute atomic E-state index is 0.125. The van der Waals surface area contributed by atoms with Gasteiger partial charge >= 0.3 is 46.0 Å². The van der Waals surface area contributed by atoms with Gasteiger partial charge in [-0.05, 0) is 0 Å². The van der Waals surface area contributed by atoms with E-state index in [4.69, 9.17) is 30.6 Å². The van der Waals surface area contributed by atoms with Crippen molar-refractivity contribution in [2.24, 2.45) is 0 Å². The molecule has 0 aliphatic rings. The van der Waals surface area contributed by atoms with Gasteiger partial charge in [-0.2, -0.15) is 0 Å². The topological polar surface area (TPSA) is 40.5 Å². The molecule has 0 saturated heterocycles. The summed E-state index contributed by atoms with van der Waals surface area (Å²) in [6, 6.07) is 0. The van der Waals surface area contributed by atoms with E-state index in [2.05, 4.69) is 0 Å². The van der Waals surface area contributed by atoms with Crippen molar-refractivity contribution in [1.29, 1.82) is 0 Å². The summed E-state index contributed by atoms with van der Waals surface area (Å²) >= 11 is -2.31.